The number of nitrogens with two attached hydrogens (primary N) is 1. The second-order valence-corrected chi connectivity index (χ2v) is 4.00. The highest BCUT2D eigenvalue weighted by molar-refractivity contribution is 5.89. The van der Waals surface area contributed by atoms with Gasteiger partial charge in [-0.25, -0.2) is 4.79 Å². The summed E-state index contributed by atoms with van der Waals surface area (Å²) >= 11 is 0. The predicted octanol–water partition coefficient (Wildman–Crippen LogP) is -0.970. The molecule has 0 aromatic rings. The average molecular weight is 230 g/mol. The van der Waals surface area contributed by atoms with Crippen molar-refractivity contribution in [2.24, 2.45) is 11.7 Å². The van der Waals surface area contributed by atoms with Crippen molar-refractivity contribution in [2.45, 2.75) is 18.9 Å². The molecule has 6 nitrogen and oxygen atoms in total. The molecular formula is C10H18N2O4. The first-order valence-corrected chi connectivity index (χ1v) is 5.24. The van der Waals surface area contributed by atoms with Crippen molar-refractivity contribution in [1.29, 1.82) is 0 Å². The highest BCUT2D eigenvalue weighted by Crippen LogP contribution is 2.20. The van der Waals surface area contributed by atoms with E-state index in [9.17, 15) is 9.59 Å². The van der Waals surface area contributed by atoms with Crippen LogP contribution < -0.4 is 11.1 Å². The van der Waals surface area contributed by atoms with E-state index in [1.165, 1.54) is 7.11 Å². The van der Waals surface area contributed by atoms with Crippen molar-refractivity contribution in [2.75, 3.05) is 26.9 Å². The molecule has 0 saturated carbocycles. The Hall–Kier alpha value is -1.14. The molecule has 0 bridgehead atoms. The van der Waals surface area contributed by atoms with Gasteiger partial charge in [-0.2, -0.15) is 0 Å². The zero-order valence-corrected chi connectivity index (χ0v) is 9.62. The van der Waals surface area contributed by atoms with E-state index >= 15 is 0 Å². The van der Waals surface area contributed by atoms with Crippen molar-refractivity contribution in [3.63, 3.8) is 0 Å². The standard InChI is InChI=1S/C10H18N2O4/c1-7(5-11)8(13)12-10(9(14)15-2)3-4-16-6-10/h7H,3-6,11H2,1-2H3,(H,12,13). The molecule has 1 heterocycles. The van der Waals surface area contributed by atoms with Gasteiger partial charge in [-0.1, -0.05) is 6.92 Å². The van der Waals surface area contributed by atoms with Crippen LogP contribution in [0, 0.1) is 5.92 Å². The number of carbonyl (C=O) groups is 2. The van der Waals surface area contributed by atoms with Crippen molar-refractivity contribution in [1.82, 2.24) is 5.32 Å². The third kappa shape index (κ3) is 2.51. The molecule has 2 atom stereocenters. The zero-order chi connectivity index (χ0) is 12.2. The molecule has 1 fully saturated rings. The Balaban J connectivity index is 2.72. The lowest BCUT2D eigenvalue weighted by molar-refractivity contribution is -0.151. The monoisotopic (exact) mass is 230 g/mol. The van der Waals surface area contributed by atoms with Crippen molar-refractivity contribution < 1.29 is 19.1 Å². The van der Waals surface area contributed by atoms with Crippen LogP contribution in [0.15, 0.2) is 0 Å². The van der Waals surface area contributed by atoms with Gasteiger partial charge in [-0.05, 0) is 0 Å². The highest BCUT2D eigenvalue weighted by Gasteiger charge is 2.45. The number of amides is 1. The number of carbonyl (C=O) groups excluding carboxylic acids is 2. The lowest BCUT2D eigenvalue weighted by atomic mass is 9.97. The SMILES string of the molecule is COC(=O)C1(NC(=O)C(C)CN)CCOC1. The molecule has 1 amide bonds. The predicted molar refractivity (Wildman–Crippen MR) is 56.5 cm³/mol. The van der Waals surface area contributed by atoms with Crippen LogP contribution in [0.25, 0.3) is 0 Å². The van der Waals surface area contributed by atoms with Crippen molar-refractivity contribution >= 4 is 11.9 Å². The van der Waals surface area contributed by atoms with Crippen LogP contribution in [0.4, 0.5) is 0 Å². The van der Waals surface area contributed by atoms with Crippen LogP contribution in [0.3, 0.4) is 0 Å². The van der Waals surface area contributed by atoms with Gasteiger partial charge in [0.05, 0.1) is 13.7 Å². The largest absolute Gasteiger partial charge is 0.467 e. The minimum Gasteiger partial charge on any atom is -0.467 e. The molecule has 3 N–H and O–H groups in total. The third-order valence-corrected chi connectivity index (χ3v) is 2.76. The lowest BCUT2D eigenvalue weighted by Gasteiger charge is -2.26. The average Bonchev–Trinajstić information content (AvgIpc) is 2.76. The molecule has 2 unspecified atom stereocenters. The second-order valence-electron chi connectivity index (χ2n) is 4.00. The summed E-state index contributed by atoms with van der Waals surface area (Å²) in [7, 11) is 1.29. The Morgan fingerprint density at radius 2 is 2.31 bits per heavy atom. The van der Waals surface area contributed by atoms with Gasteiger partial charge in [0.1, 0.15) is 0 Å². The molecule has 0 aliphatic carbocycles. The van der Waals surface area contributed by atoms with E-state index in [0.717, 1.165) is 0 Å². The fourth-order valence-electron chi connectivity index (χ4n) is 1.54. The normalized spacial score (nSPS) is 26.2. The topological polar surface area (TPSA) is 90.7 Å². The van der Waals surface area contributed by atoms with E-state index in [0.29, 0.717) is 13.0 Å². The molecule has 92 valence electrons. The van der Waals surface area contributed by atoms with Gasteiger partial charge in [-0.3, -0.25) is 4.79 Å². The van der Waals surface area contributed by atoms with Crippen LogP contribution in [-0.2, 0) is 19.1 Å². The Kier molecular flexibility index (Phi) is 4.26. The zero-order valence-electron chi connectivity index (χ0n) is 9.62. The molecule has 0 aromatic heterocycles. The summed E-state index contributed by atoms with van der Waals surface area (Å²) in [6.07, 6.45) is 0.433. The smallest absolute Gasteiger partial charge is 0.334 e. The maximum absolute atomic E-state index is 11.7. The van der Waals surface area contributed by atoms with Gasteiger partial charge in [0.2, 0.25) is 5.91 Å². The van der Waals surface area contributed by atoms with Gasteiger partial charge >= 0.3 is 5.97 Å². The molecule has 1 rings (SSSR count). The molecule has 1 aliphatic heterocycles. The van der Waals surface area contributed by atoms with Crippen LogP contribution in [0.5, 0.6) is 0 Å². The number of hydrogen-bond acceptors (Lipinski definition) is 5. The van der Waals surface area contributed by atoms with Crippen molar-refractivity contribution in [3.05, 3.63) is 0 Å². The summed E-state index contributed by atoms with van der Waals surface area (Å²) in [6, 6.07) is 0. The van der Waals surface area contributed by atoms with E-state index in [4.69, 9.17) is 10.5 Å². The highest BCUT2D eigenvalue weighted by atomic mass is 16.5. The first-order valence-electron chi connectivity index (χ1n) is 5.24. The number of nitrogens with one attached hydrogen (secondary N) is 1. The summed E-state index contributed by atoms with van der Waals surface area (Å²) < 4.78 is 9.84. The van der Waals surface area contributed by atoms with Crippen LogP contribution in [0.2, 0.25) is 0 Å². The van der Waals surface area contributed by atoms with Gasteiger partial charge in [0.15, 0.2) is 5.54 Å². The summed E-state index contributed by atoms with van der Waals surface area (Å²) in [6.45, 7) is 2.54. The number of ether oxygens (including phenoxy) is 2. The number of esters is 1. The Bertz CT molecular complexity index is 274. The third-order valence-electron chi connectivity index (χ3n) is 2.76. The first-order chi connectivity index (χ1) is 7.55. The van der Waals surface area contributed by atoms with E-state index in [1.807, 2.05) is 0 Å². The van der Waals surface area contributed by atoms with Crippen LogP contribution in [0.1, 0.15) is 13.3 Å². The van der Waals surface area contributed by atoms with E-state index in [-0.39, 0.29) is 25.0 Å². The van der Waals surface area contributed by atoms with Crippen molar-refractivity contribution in [3.8, 4) is 0 Å². The maximum atomic E-state index is 11.7. The van der Waals surface area contributed by atoms with Gasteiger partial charge in [0, 0.05) is 25.5 Å². The molecule has 0 aromatic carbocycles. The van der Waals surface area contributed by atoms with Crippen LogP contribution >= 0.6 is 0 Å². The summed E-state index contributed by atoms with van der Waals surface area (Å²) in [5, 5.41) is 2.68. The van der Waals surface area contributed by atoms with Crippen LogP contribution in [-0.4, -0.2) is 44.3 Å². The maximum Gasteiger partial charge on any atom is 0.334 e. The quantitative estimate of drug-likeness (QED) is 0.606. The molecule has 0 spiro atoms. The summed E-state index contributed by atoms with van der Waals surface area (Å²) in [5.41, 5.74) is 4.36. The molecule has 16 heavy (non-hydrogen) atoms. The number of rotatable bonds is 4. The van der Waals surface area contributed by atoms with Gasteiger partial charge < -0.3 is 20.5 Å². The number of methoxy groups -OCH3 is 1. The summed E-state index contributed by atoms with van der Waals surface area (Å²) in [5.74, 6) is -1.05. The molecule has 1 aliphatic rings. The summed E-state index contributed by atoms with van der Waals surface area (Å²) in [4.78, 5) is 23.3. The van der Waals surface area contributed by atoms with Gasteiger partial charge in [-0.15, -0.1) is 0 Å². The Morgan fingerprint density at radius 1 is 1.62 bits per heavy atom. The molecule has 0 radical (unpaired) electrons. The van der Waals surface area contributed by atoms with E-state index in [2.05, 4.69) is 10.1 Å². The molecule has 6 heteroatoms. The molecular weight excluding hydrogens is 212 g/mol. The van der Waals surface area contributed by atoms with E-state index in [1.54, 1.807) is 6.92 Å². The first kappa shape index (κ1) is 12.9. The fraction of sp³-hybridized carbons (Fsp3) is 0.800. The number of hydrogen-bond donors (Lipinski definition) is 2. The minimum atomic E-state index is -1.03. The minimum absolute atomic E-state index is 0.155. The molecule has 1 saturated heterocycles. The fourth-order valence-corrected chi connectivity index (χ4v) is 1.54. The second kappa shape index (κ2) is 5.27. The Morgan fingerprint density at radius 3 is 2.75 bits per heavy atom. The lowest BCUT2D eigenvalue weighted by Crippen LogP contribution is -2.57. The Labute approximate surface area is 94.5 Å². The van der Waals surface area contributed by atoms with Gasteiger partial charge in [0.25, 0.3) is 0 Å². The van der Waals surface area contributed by atoms with E-state index < -0.39 is 11.5 Å².